The van der Waals surface area contributed by atoms with Crippen LogP contribution < -0.4 is 0 Å². The summed E-state index contributed by atoms with van der Waals surface area (Å²) in [6.07, 6.45) is 3.46. The van der Waals surface area contributed by atoms with Crippen LogP contribution in [0.3, 0.4) is 0 Å². The van der Waals surface area contributed by atoms with E-state index in [1.807, 2.05) is 0 Å². The lowest BCUT2D eigenvalue weighted by molar-refractivity contribution is -0.144. The summed E-state index contributed by atoms with van der Waals surface area (Å²) >= 11 is 0. The van der Waals surface area contributed by atoms with Crippen molar-refractivity contribution in [3.05, 3.63) is 0 Å². The topological polar surface area (TPSA) is 26.3 Å². The molecule has 0 aromatic carbocycles. The van der Waals surface area contributed by atoms with Crippen molar-refractivity contribution in [3.63, 3.8) is 0 Å². The first-order chi connectivity index (χ1) is 4.77. The van der Waals surface area contributed by atoms with Crippen LogP contribution in [0.1, 0.15) is 26.2 Å². The number of carbonyl (C=O) groups excluding carboxylic acids is 1. The molecular formula is C8H12O2. The van der Waals surface area contributed by atoms with Crippen LogP contribution in [-0.2, 0) is 9.53 Å². The van der Waals surface area contributed by atoms with E-state index in [0.717, 1.165) is 12.8 Å². The Morgan fingerprint density at radius 1 is 1.50 bits per heavy atom. The van der Waals surface area contributed by atoms with Gasteiger partial charge in [0.05, 0.1) is 5.92 Å². The molecule has 0 amide bonds. The zero-order valence-electron chi connectivity index (χ0n) is 6.17. The predicted octanol–water partition coefficient (Wildman–Crippen LogP) is 1.35. The first-order valence-electron chi connectivity index (χ1n) is 3.98. The summed E-state index contributed by atoms with van der Waals surface area (Å²) < 4.78 is 5.16. The van der Waals surface area contributed by atoms with Crippen LogP contribution in [0.4, 0.5) is 0 Å². The summed E-state index contributed by atoms with van der Waals surface area (Å²) in [6.45, 7) is 2.17. The van der Waals surface area contributed by atoms with Gasteiger partial charge in [0.25, 0.3) is 0 Å². The number of hydrogen-bond acceptors (Lipinski definition) is 2. The summed E-state index contributed by atoms with van der Waals surface area (Å²) in [6, 6.07) is 0. The van der Waals surface area contributed by atoms with Gasteiger partial charge in [-0.2, -0.15) is 0 Å². The van der Waals surface area contributed by atoms with Crippen LogP contribution >= 0.6 is 0 Å². The highest BCUT2D eigenvalue weighted by Crippen LogP contribution is 2.37. The van der Waals surface area contributed by atoms with E-state index in [1.165, 1.54) is 6.42 Å². The fraction of sp³-hybridized carbons (Fsp3) is 0.875. The molecule has 1 aliphatic heterocycles. The summed E-state index contributed by atoms with van der Waals surface area (Å²) in [4.78, 5) is 11.0. The molecule has 1 aliphatic carbocycles. The molecule has 2 heteroatoms. The van der Waals surface area contributed by atoms with E-state index in [-0.39, 0.29) is 18.0 Å². The van der Waals surface area contributed by atoms with E-state index in [2.05, 4.69) is 6.92 Å². The van der Waals surface area contributed by atoms with Crippen LogP contribution in [0.15, 0.2) is 0 Å². The van der Waals surface area contributed by atoms with Gasteiger partial charge in [0.15, 0.2) is 0 Å². The molecule has 10 heavy (non-hydrogen) atoms. The Hall–Kier alpha value is -0.530. The lowest BCUT2D eigenvalue weighted by atomic mass is 9.83. The number of hydrogen-bond donors (Lipinski definition) is 0. The van der Waals surface area contributed by atoms with Crippen LogP contribution in [0.5, 0.6) is 0 Å². The third kappa shape index (κ3) is 0.746. The first kappa shape index (κ1) is 6.20. The van der Waals surface area contributed by atoms with Crippen LogP contribution in [-0.4, -0.2) is 12.1 Å². The van der Waals surface area contributed by atoms with Gasteiger partial charge in [0.1, 0.15) is 6.10 Å². The van der Waals surface area contributed by atoms with Gasteiger partial charge in [-0.05, 0) is 25.2 Å². The van der Waals surface area contributed by atoms with Crippen molar-refractivity contribution >= 4 is 5.97 Å². The molecule has 3 atom stereocenters. The molecule has 2 aliphatic rings. The minimum absolute atomic E-state index is 0.0503. The molecule has 2 fully saturated rings. The predicted molar refractivity (Wildman–Crippen MR) is 36.4 cm³/mol. The van der Waals surface area contributed by atoms with Gasteiger partial charge >= 0.3 is 5.97 Å². The van der Waals surface area contributed by atoms with Crippen molar-refractivity contribution in [1.29, 1.82) is 0 Å². The maximum Gasteiger partial charge on any atom is 0.309 e. The van der Waals surface area contributed by atoms with E-state index in [4.69, 9.17) is 4.74 Å². The van der Waals surface area contributed by atoms with Gasteiger partial charge in [0.2, 0.25) is 0 Å². The van der Waals surface area contributed by atoms with Crippen LogP contribution in [0, 0.1) is 11.8 Å². The van der Waals surface area contributed by atoms with E-state index in [1.54, 1.807) is 0 Å². The lowest BCUT2D eigenvalue weighted by Crippen LogP contribution is -2.20. The number of rotatable bonds is 0. The second-order valence-electron chi connectivity index (χ2n) is 3.46. The average molecular weight is 140 g/mol. The maximum absolute atomic E-state index is 11.0. The Morgan fingerprint density at radius 3 is 3.00 bits per heavy atom. The molecule has 1 saturated carbocycles. The number of esters is 1. The van der Waals surface area contributed by atoms with Gasteiger partial charge in [-0.3, -0.25) is 4.79 Å². The Balaban J connectivity index is 2.15. The number of ether oxygens (including phenoxy) is 1. The summed E-state index contributed by atoms with van der Waals surface area (Å²) in [7, 11) is 0. The molecule has 2 nitrogen and oxygen atoms in total. The lowest BCUT2D eigenvalue weighted by Gasteiger charge is -2.21. The monoisotopic (exact) mass is 140 g/mol. The van der Waals surface area contributed by atoms with Crippen LogP contribution in [0.25, 0.3) is 0 Å². The zero-order chi connectivity index (χ0) is 7.14. The number of fused-ring (bicyclic) bond motifs is 2. The summed E-state index contributed by atoms with van der Waals surface area (Å²) in [5, 5.41) is 0. The Kier molecular flexibility index (Phi) is 1.22. The first-order valence-corrected chi connectivity index (χ1v) is 3.98. The minimum atomic E-state index is 0.0503. The third-order valence-corrected chi connectivity index (χ3v) is 2.72. The van der Waals surface area contributed by atoms with Crippen molar-refractivity contribution in [2.75, 3.05) is 0 Å². The SMILES string of the molecule is C[C@@H]1CC[C@@H]2C[C@H]1OC2=O. The molecule has 1 saturated heterocycles. The second kappa shape index (κ2) is 1.97. The molecule has 1 heterocycles. The van der Waals surface area contributed by atoms with Gasteiger partial charge < -0.3 is 4.74 Å². The van der Waals surface area contributed by atoms with Crippen LogP contribution in [0.2, 0.25) is 0 Å². The molecule has 2 bridgehead atoms. The van der Waals surface area contributed by atoms with Gasteiger partial charge in [-0.25, -0.2) is 0 Å². The van der Waals surface area contributed by atoms with Crippen molar-refractivity contribution in [1.82, 2.24) is 0 Å². The molecule has 0 spiro atoms. The smallest absolute Gasteiger partial charge is 0.309 e. The second-order valence-corrected chi connectivity index (χ2v) is 3.46. The molecule has 0 unspecified atom stereocenters. The quantitative estimate of drug-likeness (QED) is 0.475. The highest BCUT2D eigenvalue weighted by Gasteiger charge is 2.41. The zero-order valence-corrected chi connectivity index (χ0v) is 6.17. The average Bonchev–Trinajstić information content (AvgIpc) is 2.21. The minimum Gasteiger partial charge on any atom is -0.462 e. The highest BCUT2D eigenvalue weighted by molar-refractivity contribution is 5.75. The van der Waals surface area contributed by atoms with E-state index < -0.39 is 0 Å². The van der Waals surface area contributed by atoms with Crippen molar-refractivity contribution < 1.29 is 9.53 Å². The largest absolute Gasteiger partial charge is 0.462 e. The molecule has 0 radical (unpaired) electrons. The summed E-state index contributed by atoms with van der Waals surface area (Å²) in [5.74, 6) is 0.901. The molecule has 2 rings (SSSR count). The fourth-order valence-corrected chi connectivity index (χ4v) is 1.90. The molecule has 0 aromatic heterocycles. The van der Waals surface area contributed by atoms with Crippen molar-refractivity contribution in [3.8, 4) is 0 Å². The maximum atomic E-state index is 11.0. The van der Waals surface area contributed by atoms with Crippen molar-refractivity contribution in [2.24, 2.45) is 11.8 Å². The summed E-state index contributed by atoms with van der Waals surface area (Å²) in [5.41, 5.74) is 0. The Labute approximate surface area is 60.6 Å². The normalized spacial score (nSPS) is 45.3. The van der Waals surface area contributed by atoms with Gasteiger partial charge in [0, 0.05) is 0 Å². The highest BCUT2D eigenvalue weighted by atomic mass is 16.6. The molecule has 56 valence electrons. The van der Waals surface area contributed by atoms with Gasteiger partial charge in [-0.1, -0.05) is 6.92 Å². The van der Waals surface area contributed by atoms with Gasteiger partial charge in [-0.15, -0.1) is 0 Å². The van der Waals surface area contributed by atoms with E-state index in [9.17, 15) is 4.79 Å². The van der Waals surface area contributed by atoms with E-state index >= 15 is 0 Å². The molecular weight excluding hydrogens is 128 g/mol. The molecule has 0 aromatic rings. The standard InChI is InChI=1S/C8H12O2/c1-5-2-3-6-4-7(5)10-8(6)9/h5-7H,2-4H2,1H3/t5-,6-,7-/m1/s1. The Morgan fingerprint density at radius 2 is 2.30 bits per heavy atom. The van der Waals surface area contributed by atoms with Crippen molar-refractivity contribution in [2.45, 2.75) is 32.3 Å². The third-order valence-electron chi connectivity index (χ3n) is 2.72. The Bertz CT molecular complexity index is 165. The number of carbonyl (C=O) groups is 1. The fourth-order valence-electron chi connectivity index (χ4n) is 1.90. The van der Waals surface area contributed by atoms with E-state index in [0.29, 0.717) is 5.92 Å². The molecule has 0 N–H and O–H groups in total.